The number of nitrogens with two attached hydrogens (primary N) is 1. The summed E-state index contributed by atoms with van der Waals surface area (Å²) in [5.41, 5.74) is 8.60. The Hall–Kier alpha value is -2.40. The number of carbonyl (C=O) groups is 1. The topological polar surface area (TPSA) is 59.2 Å². The largest absolute Gasteiger partial charge is 0.378 e. The van der Waals surface area contributed by atoms with Crippen molar-refractivity contribution in [1.29, 1.82) is 0 Å². The molecule has 0 saturated carbocycles. The lowest BCUT2D eigenvalue weighted by molar-refractivity contribution is 0.100. The smallest absolute Gasteiger partial charge is 0.258 e. The van der Waals surface area contributed by atoms with Crippen molar-refractivity contribution in [1.82, 2.24) is 4.98 Å². The minimum Gasteiger partial charge on any atom is -0.378 e. The fraction of sp³-hybridized carbons (Fsp3) is 0.125. The Morgan fingerprint density at radius 3 is 2.52 bits per heavy atom. The van der Waals surface area contributed by atoms with Crippen molar-refractivity contribution in [2.45, 2.75) is 0 Å². The molecule has 0 bridgehead atoms. The van der Waals surface area contributed by atoms with Crippen LogP contribution in [-0.2, 0) is 0 Å². The van der Waals surface area contributed by atoms with Gasteiger partial charge < -0.3 is 10.6 Å². The zero-order valence-corrected chi connectivity index (χ0v) is 12.6. The zero-order chi connectivity index (χ0) is 15.0. The van der Waals surface area contributed by atoms with Gasteiger partial charge in [-0.2, -0.15) is 0 Å². The molecule has 3 aromatic rings. The van der Waals surface area contributed by atoms with Gasteiger partial charge >= 0.3 is 0 Å². The number of primary amides is 1. The fourth-order valence-electron chi connectivity index (χ4n) is 2.25. The van der Waals surface area contributed by atoms with Crippen molar-refractivity contribution in [3.63, 3.8) is 0 Å². The molecule has 4 nitrogen and oxygen atoms in total. The van der Waals surface area contributed by atoms with E-state index in [1.807, 2.05) is 26.4 Å². The van der Waals surface area contributed by atoms with Crippen LogP contribution in [0.2, 0.25) is 0 Å². The summed E-state index contributed by atoms with van der Waals surface area (Å²) >= 11 is 1.38. The summed E-state index contributed by atoms with van der Waals surface area (Å²) in [4.78, 5) is 18.2. The van der Waals surface area contributed by atoms with Gasteiger partial charge in [0.05, 0.1) is 9.58 Å². The average Bonchev–Trinajstić information content (AvgIpc) is 2.91. The number of anilines is 1. The van der Waals surface area contributed by atoms with Crippen LogP contribution in [0.5, 0.6) is 0 Å². The number of rotatable bonds is 3. The molecule has 5 heteroatoms. The lowest BCUT2D eigenvalue weighted by Gasteiger charge is -2.12. The first kappa shape index (κ1) is 13.6. The Morgan fingerprint density at radius 2 is 1.90 bits per heavy atom. The third-order valence-corrected chi connectivity index (χ3v) is 4.47. The van der Waals surface area contributed by atoms with E-state index in [-0.39, 0.29) is 0 Å². The Kier molecular flexibility index (Phi) is 3.35. The normalized spacial score (nSPS) is 10.8. The highest BCUT2D eigenvalue weighted by atomic mass is 32.1. The summed E-state index contributed by atoms with van der Waals surface area (Å²) < 4.78 is 0.970. The summed E-state index contributed by atoms with van der Waals surface area (Å²) in [6.07, 6.45) is 3.59. The van der Waals surface area contributed by atoms with E-state index < -0.39 is 5.91 Å². The van der Waals surface area contributed by atoms with Crippen LogP contribution in [0, 0.1) is 0 Å². The van der Waals surface area contributed by atoms with E-state index in [1.165, 1.54) is 11.3 Å². The molecule has 0 fully saturated rings. The molecule has 0 aliphatic rings. The van der Waals surface area contributed by atoms with Crippen LogP contribution in [0.4, 0.5) is 5.69 Å². The molecule has 3 rings (SSSR count). The van der Waals surface area contributed by atoms with E-state index >= 15 is 0 Å². The fourth-order valence-corrected chi connectivity index (χ4v) is 3.16. The van der Waals surface area contributed by atoms with E-state index in [0.717, 1.165) is 26.9 Å². The SMILES string of the molecule is CN(C)c1ccc(-c2cncc3sc(C(N)=O)cc23)cc1. The van der Waals surface area contributed by atoms with Gasteiger partial charge in [0, 0.05) is 43.1 Å². The highest BCUT2D eigenvalue weighted by molar-refractivity contribution is 7.20. The van der Waals surface area contributed by atoms with E-state index in [2.05, 4.69) is 34.1 Å². The summed E-state index contributed by atoms with van der Waals surface area (Å²) in [7, 11) is 4.02. The molecule has 0 atom stereocenters. The minimum atomic E-state index is -0.398. The average molecular weight is 297 g/mol. The Balaban J connectivity index is 2.13. The van der Waals surface area contributed by atoms with Crippen LogP contribution >= 0.6 is 11.3 Å². The minimum absolute atomic E-state index is 0.398. The van der Waals surface area contributed by atoms with E-state index in [1.54, 1.807) is 6.20 Å². The number of amides is 1. The molecule has 106 valence electrons. The predicted molar refractivity (Wildman–Crippen MR) is 87.9 cm³/mol. The molecule has 0 radical (unpaired) electrons. The second kappa shape index (κ2) is 5.18. The van der Waals surface area contributed by atoms with Gasteiger partial charge in [0.15, 0.2) is 0 Å². The molecule has 0 saturated heterocycles. The van der Waals surface area contributed by atoms with Gasteiger partial charge in [-0.25, -0.2) is 0 Å². The molecular weight excluding hydrogens is 282 g/mol. The van der Waals surface area contributed by atoms with Crippen LogP contribution in [0.15, 0.2) is 42.7 Å². The number of hydrogen-bond acceptors (Lipinski definition) is 4. The molecule has 0 aliphatic carbocycles. The molecule has 2 N–H and O–H groups in total. The van der Waals surface area contributed by atoms with Gasteiger partial charge in [0.2, 0.25) is 0 Å². The predicted octanol–water partition coefficient (Wildman–Crippen LogP) is 3.13. The van der Waals surface area contributed by atoms with E-state index in [9.17, 15) is 4.79 Å². The Labute approximate surface area is 126 Å². The van der Waals surface area contributed by atoms with Crippen molar-refractivity contribution in [2.24, 2.45) is 5.73 Å². The van der Waals surface area contributed by atoms with Gasteiger partial charge in [-0.3, -0.25) is 9.78 Å². The number of fused-ring (bicyclic) bond motifs is 1. The summed E-state index contributed by atoms with van der Waals surface area (Å²) in [5.74, 6) is -0.398. The third-order valence-electron chi connectivity index (χ3n) is 3.38. The molecule has 2 heterocycles. The first-order valence-corrected chi connectivity index (χ1v) is 7.33. The highest BCUT2D eigenvalue weighted by Crippen LogP contribution is 2.33. The van der Waals surface area contributed by atoms with Crippen LogP contribution < -0.4 is 10.6 Å². The molecule has 1 aromatic carbocycles. The van der Waals surface area contributed by atoms with Crippen molar-refractivity contribution in [3.8, 4) is 11.1 Å². The van der Waals surface area contributed by atoms with E-state index in [4.69, 9.17) is 5.73 Å². The van der Waals surface area contributed by atoms with Crippen LogP contribution in [-0.4, -0.2) is 25.0 Å². The molecule has 0 aliphatic heterocycles. The van der Waals surface area contributed by atoms with Crippen molar-refractivity contribution in [3.05, 3.63) is 47.6 Å². The van der Waals surface area contributed by atoms with Gasteiger partial charge in [-0.05, 0) is 23.8 Å². The molecule has 21 heavy (non-hydrogen) atoms. The Bertz CT molecular complexity index is 806. The van der Waals surface area contributed by atoms with Crippen LogP contribution in [0.3, 0.4) is 0 Å². The van der Waals surface area contributed by atoms with Crippen molar-refractivity contribution < 1.29 is 4.79 Å². The molecule has 0 spiro atoms. The third kappa shape index (κ3) is 2.48. The van der Waals surface area contributed by atoms with Gasteiger partial charge in [-0.1, -0.05) is 12.1 Å². The maximum atomic E-state index is 11.3. The lowest BCUT2D eigenvalue weighted by atomic mass is 10.0. The molecular formula is C16H15N3OS. The first-order chi connectivity index (χ1) is 10.1. The number of aromatic nitrogens is 1. The molecule has 2 aromatic heterocycles. The lowest BCUT2D eigenvalue weighted by Crippen LogP contribution is -2.08. The second-order valence-electron chi connectivity index (χ2n) is 5.02. The van der Waals surface area contributed by atoms with Gasteiger partial charge in [0.25, 0.3) is 5.91 Å². The number of hydrogen-bond donors (Lipinski definition) is 1. The molecule has 0 unspecified atom stereocenters. The zero-order valence-electron chi connectivity index (χ0n) is 11.8. The number of benzene rings is 1. The summed E-state index contributed by atoms with van der Waals surface area (Å²) in [6, 6.07) is 10.1. The first-order valence-electron chi connectivity index (χ1n) is 6.51. The monoisotopic (exact) mass is 297 g/mol. The Morgan fingerprint density at radius 1 is 1.19 bits per heavy atom. The van der Waals surface area contributed by atoms with Gasteiger partial charge in [0.1, 0.15) is 0 Å². The summed E-state index contributed by atoms with van der Waals surface area (Å²) in [5, 5.41) is 1.02. The standard InChI is InChI=1S/C16H15N3OS/c1-19(2)11-5-3-10(4-6-11)13-8-18-9-15-12(13)7-14(21-15)16(17)20/h3-9H,1-2H3,(H2,17,20). The number of pyridine rings is 1. The van der Waals surface area contributed by atoms with Crippen molar-refractivity contribution >= 4 is 33.0 Å². The van der Waals surface area contributed by atoms with Crippen molar-refractivity contribution in [2.75, 3.05) is 19.0 Å². The number of nitrogens with zero attached hydrogens (tertiary/aromatic N) is 2. The maximum absolute atomic E-state index is 11.3. The van der Waals surface area contributed by atoms with E-state index in [0.29, 0.717) is 4.88 Å². The molecule has 1 amide bonds. The highest BCUT2D eigenvalue weighted by Gasteiger charge is 2.11. The second-order valence-corrected chi connectivity index (χ2v) is 6.10. The summed E-state index contributed by atoms with van der Waals surface area (Å²) in [6.45, 7) is 0. The maximum Gasteiger partial charge on any atom is 0.258 e. The number of carbonyl (C=O) groups excluding carboxylic acids is 1. The van der Waals surface area contributed by atoms with Gasteiger partial charge in [-0.15, -0.1) is 11.3 Å². The number of thiophene rings is 1. The van der Waals surface area contributed by atoms with Crippen LogP contribution in [0.1, 0.15) is 9.67 Å². The quantitative estimate of drug-likeness (QED) is 0.808. The van der Waals surface area contributed by atoms with Crippen LogP contribution in [0.25, 0.3) is 21.2 Å².